The third kappa shape index (κ3) is 6.83. The number of hydrogen-bond acceptors (Lipinski definition) is 7. The van der Waals surface area contributed by atoms with Crippen LogP contribution in [0.25, 0.3) is 0 Å². The van der Waals surface area contributed by atoms with E-state index in [0.717, 1.165) is 0 Å². The molecule has 0 saturated carbocycles. The van der Waals surface area contributed by atoms with Crippen LogP contribution in [-0.2, 0) is 14.3 Å². The molecule has 0 fully saturated rings. The molecule has 0 atom stereocenters. The first kappa shape index (κ1) is 16.9. The van der Waals surface area contributed by atoms with Crippen LogP contribution in [0.1, 0.15) is 20.8 Å². The van der Waals surface area contributed by atoms with E-state index in [0.29, 0.717) is 9.47 Å². The molecule has 0 aromatic carbocycles. The molecular weight excluding hydrogens is 300 g/mol. The first-order chi connectivity index (χ1) is 9.30. The Bertz CT molecular complexity index is 470. The first-order valence-corrected chi connectivity index (χ1v) is 7.66. The van der Waals surface area contributed by atoms with Crippen molar-refractivity contribution in [2.45, 2.75) is 30.6 Å². The number of carbonyl (C=O) groups is 2. The average Bonchev–Trinajstić information content (AvgIpc) is 2.72. The Morgan fingerprint density at radius 1 is 1.30 bits per heavy atom. The molecule has 2 N–H and O–H groups in total. The quantitative estimate of drug-likeness (QED) is 0.603. The molecule has 2 amide bonds. The minimum absolute atomic E-state index is 0.0317. The number of anilines is 1. The maximum absolute atomic E-state index is 11.6. The smallest absolute Gasteiger partial charge is 0.252 e. The summed E-state index contributed by atoms with van der Waals surface area (Å²) in [6.45, 7) is 5.73. The molecule has 1 rings (SSSR count). The van der Waals surface area contributed by atoms with Crippen LogP contribution in [0.2, 0.25) is 0 Å². The Morgan fingerprint density at radius 2 is 2.00 bits per heavy atom. The van der Waals surface area contributed by atoms with Crippen LogP contribution in [0, 0.1) is 0 Å². The second-order valence-corrected chi connectivity index (χ2v) is 7.14. The van der Waals surface area contributed by atoms with Gasteiger partial charge < -0.3 is 10.1 Å². The molecule has 0 aliphatic rings. The van der Waals surface area contributed by atoms with Crippen LogP contribution < -0.4 is 10.6 Å². The Balaban J connectivity index is 2.41. The molecule has 1 aromatic rings. The van der Waals surface area contributed by atoms with Crippen molar-refractivity contribution in [3.8, 4) is 0 Å². The summed E-state index contributed by atoms with van der Waals surface area (Å²) in [7, 11) is 1.44. The van der Waals surface area contributed by atoms with Crippen molar-refractivity contribution < 1.29 is 14.3 Å². The van der Waals surface area contributed by atoms with Gasteiger partial charge in [-0.1, -0.05) is 23.1 Å². The summed E-state index contributed by atoms with van der Waals surface area (Å²) >= 11 is 2.50. The maximum Gasteiger partial charge on any atom is 0.252 e. The Morgan fingerprint density at radius 3 is 2.60 bits per heavy atom. The number of nitrogens with zero attached hydrogens (tertiary/aromatic N) is 2. The van der Waals surface area contributed by atoms with Crippen molar-refractivity contribution in [1.82, 2.24) is 15.5 Å². The minimum atomic E-state index is -0.286. The van der Waals surface area contributed by atoms with Gasteiger partial charge in [-0.15, -0.1) is 10.2 Å². The van der Waals surface area contributed by atoms with Gasteiger partial charge in [0.05, 0.1) is 5.75 Å². The zero-order chi connectivity index (χ0) is 15.2. The van der Waals surface area contributed by atoms with Gasteiger partial charge in [-0.2, -0.15) is 0 Å². The van der Waals surface area contributed by atoms with E-state index in [9.17, 15) is 9.59 Å². The third-order valence-electron chi connectivity index (χ3n) is 1.77. The number of hydrogen-bond donors (Lipinski definition) is 2. The number of methoxy groups -OCH3 is 1. The third-order valence-corrected chi connectivity index (χ3v) is 3.74. The highest BCUT2D eigenvalue weighted by Crippen LogP contribution is 2.25. The highest BCUT2D eigenvalue weighted by atomic mass is 32.2. The monoisotopic (exact) mass is 318 g/mol. The molecular formula is C11H18N4O3S2. The molecule has 9 heteroatoms. The number of aromatic nitrogens is 2. The average molecular weight is 318 g/mol. The number of amides is 2. The van der Waals surface area contributed by atoms with Crippen LogP contribution in [0.15, 0.2) is 4.34 Å². The fourth-order valence-electron chi connectivity index (χ4n) is 1.19. The molecule has 0 unspecified atom stereocenters. The highest BCUT2D eigenvalue weighted by molar-refractivity contribution is 8.01. The summed E-state index contributed by atoms with van der Waals surface area (Å²) in [5, 5.41) is 13.5. The SMILES string of the molecule is COCC(=O)Nc1nnc(SCC(=O)NC(C)(C)C)s1. The summed E-state index contributed by atoms with van der Waals surface area (Å²) < 4.78 is 5.32. The number of nitrogens with one attached hydrogen (secondary N) is 2. The van der Waals surface area contributed by atoms with E-state index in [-0.39, 0.29) is 29.7 Å². The number of thioether (sulfide) groups is 1. The van der Waals surface area contributed by atoms with E-state index in [1.54, 1.807) is 0 Å². The molecule has 7 nitrogen and oxygen atoms in total. The van der Waals surface area contributed by atoms with Gasteiger partial charge in [-0.05, 0) is 20.8 Å². The maximum atomic E-state index is 11.6. The summed E-state index contributed by atoms with van der Waals surface area (Å²) in [6.07, 6.45) is 0. The fraction of sp³-hybridized carbons (Fsp3) is 0.636. The minimum Gasteiger partial charge on any atom is -0.375 e. The van der Waals surface area contributed by atoms with Crippen molar-refractivity contribution in [3.63, 3.8) is 0 Å². The van der Waals surface area contributed by atoms with E-state index in [1.165, 1.54) is 30.2 Å². The fourth-order valence-corrected chi connectivity index (χ4v) is 2.75. The van der Waals surface area contributed by atoms with Crippen LogP contribution in [-0.4, -0.2) is 47.0 Å². The van der Waals surface area contributed by atoms with E-state index in [4.69, 9.17) is 4.74 Å². The van der Waals surface area contributed by atoms with Crippen molar-refractivity contribution >= 4 is 40.0 Å². The lowest BCUT2D eigenvalue weighted by Crippen LogP contribution is -2.41. The lowest BCUT2D eigenvalue weighted by atomic mass is 10.1. The second-order valence-electron chi connectivity index (χ2n) is 4.94. The van der Waals surface area contributed by atoms with Crippen LogP contribution in [0.3, 0.4) is 0 Å². The molecule has 1 heterocycles. The Labute approximate surface area is 125 Å². The molecule has 0 spiro atoms. The second kappa shape index (κ2) is 7.55. The van der Waals surface area contributed by atoms with Crippen molar-refractivity contribution in [1.29, 1.82) is 0 Å². The van der Waals surface area contributed by atoms with E-state index >= 15 is 0 Å². The zero-order valence-electron chi connectivity index (χ0n) is 11.8. The number of carbonyl (C=O) groups excluding carboxylic acids is 2. The topological polar surface area (TPSA) is 93.2 Å². The molecule has 0 bridgehead atoms. The van der Waals surface area contributed by atoms with Gasteiger partial charge in [-0.3, -0.25) is 14.9 Å². The van der Waals surface area contributed by atoms with Crippen LogP contribution in [0.5, 0.6) is 0 Å². The standard InChI is InChI=1S/C11H18N4O3S2/c1-11(2,3)13-8(17)6-19-10-15-14-9(20-10)12-7(16)5-18-4/h5-6H2,1-4H3,(H,13,17)(H,12,14,16). The summed E-state index contributed by atoms with van der Waals surface area (Å²) in [5.74, 6) is -0.0916. The van der Waals surface area contributed by atoms with Gasteiger partial charge in [-0.25, -0.2) is 0 Å². The summed E-state index contributed by atoms with van der Waals surface area (Å²) in [5.41, 5.74) is -0.252. The first-order valence-electron chi connectivity index (χ1n) is 5.86. The van der Waals surface area contributed by atoms with Gasteiger partial charge in [0.2, 0.25) is 11.0 Å². The van der Waals surface area contributed by atoms with Gasteiger partial charge in [0.1, 0.15) is 6.61 Å². The Kier molecular flexibility index (Phi) is 6.37. The van der Waals surface area contributed by atoms with E-state index in [1.807, 2.05) is 20.8 Å². The molecule has 0 aliphatic heterocycles. The summed E-state index contributed by atoms with van der Waals surface area (Å²) in [4.78, 5) is 22.9. The van der Waals surface area contributed by atoms with Gasteiger partial charge in [0.25, 0.3) is 5.91 Å². The number of ether oxygens (including phenoxy) is 1. The van der Waals surface area contributed by atoms with Crippen LogP contribution >= 0.6 is 23.1 Å². The van der Waals surface area contributed by atoms with Crippen molar-refractivity contribution in [3.05, 3.63) is 0 Å². The van der Waals surface area contributed by atoms with Gasteiger partial charge in [0, 0.05) is 12.6 Å². The largest absolute Gasteiger partial charge is 0.375 e. The van der Waals surface area contributed by atoms with Crippen LogP contribution in [0.4, 0.5) is 5.13 Å². The van der Waals surface area contributed by atoms with E-state index < -0.39 is 0 Å². The molecule has 0 saturated heterocycles. The van der Waals surface area contributed by atoms with Gasteiger partial charge >= 0.3 is 0 Å². The molecule has 0 aliphatic carbocycles. The molecule has 112 valence electrons. The van der Waals surface area contributed by atoms with Crippen molar-refractivity contribution in [2.24, 2.45) is 0 Å². The lowest BCUT2D eigenvalue weighted by Gasteiger charge is -2.19. The normalized spacial score (nSPS) is 11.2. The van der Waals surface area contributed by atoms with Gasteiger partial charge in [0.15, 0.2) is 4.34 Å². The molecule has 1 aromatic heterocycles. The van der Waals surface area contributed by atoms with E-state index in [2.05, 4.69) is 20.8 Å². The highest BCUT2D eigenvalue weighted by Gasteiger charge is 2.15. The number of rotatable bonds is 6. The van der Waals surface area contributed by atoms with Crippen molar-refractivity contribution in [2.75, 3.05) is 24.8 Å². The predicted octanol–water partition coefficient (Wildman–Crippen LogP) is 1.13. The Hall–Kier alpha value is -1.19. The summed E-state index contributed by atoms with van der Waals surface area (Å²) in [6, 6.07) is 0. The molecule has 20 heavy (non-hydrogen) atoms. The predicted molar refractivity (Wildman–Crippen MR) is 79.0 cm³/mol. The lowest BCUT2D eigenvalue weighted by molar-refractivity contribution is -0.120. The molecule has 0 radical (unpaired) electrons. The zero-order valence-corrected chi connectivity index (χ0v) is 13.5.